The maximum Gasteiger partial charge on any atom is 0.203 e. The normalized spacial score (nSPS) is 13.0. The van der Waals surface area contributed by atoms with Gasteiger partial charge < -0.3 is 24.8 Å². The fourth-order valence-electron chi connectivity index (χ4n) is 4.21. The van der Waals surface area contributed by atoms with Gasteiger partial charge in [0.1, 0.15) is 17.5 Å². The number of hydrogen-bond acceptors (Lipinski definition) is 7. The molecule has 1 aliphatic rings. The molecule has 0 saturated carbocycles. The molecule has 1 fully saturated rings. The number of aromatic nitrogens is 1. The number of methoxy groups -OCH3 is 3. The predicted octanol–water partition coefficient (Wildman–Crippen LogP) is 4.50. The van der Waals surface area contributed by atoms with Gasteiger partial charge in [-0.15, -0.1) is 0 Å². The molecule has 2 heterocycles. The number of hydrogen-bond donors (Lipinski definition) is 1. The molecule has 0 unspecified atom stereocenters. The van der Waals surface area contributed by atoms with E-state index >= 15 is 0 Å². The van der Waals surface area contributed by atoms with Gasteiger partial charge in [0.15, 0.2) is 11.5 Å². The van der Waals surface area contributed by atoms with Crippen LogP contribution in [0.15, 0.2) is 42.6 Å². The lowest BCUT2D eigenvalue weighted by Gasteiger charge is -2.19. The molecule has 7 nitrogen and oxygen atoms in total. The van der Waals surface area contributed by atoms with Crippen molar-refractivity contribution in [3.8, 4) is 45.6 Å². The van der Waals surface area contributed by atoms with Crippen LogP contribution in [0.1, 0.15) is 18.4 Å². The fraction of sp³-hybridized carbons (Fsp3) is 0.280. The van der Waals surface area contributed by atoms with Gasteiger partial charge in [-0.2, -0.15) is 5.26 Å². The molecule has 0 radical (unpaired) electrons. The van der Waals surface area contributed by atoms with E-state index in [0.717, 1.165) is 35.3 Å². The van der Waals surface area contributed by atoms with Gasteiger partial charge in [-0.3, -0.25) is 0 Å². The molecule has 2 N–H and O–H groups in total. The third-order valence-corrected chi connectivity index (χ3v) is 5.82. The minimum absolute atomic E-state index is 0.197. The third kappa shape index (κ3) is 3.76. The van der Waals surface area contributed by atoms with Crippen LogP contribution in [0.25, 0.3) is 22.3 Å². The Morgan fingerprint density at radius 3 is 2.09 bits per heavy atom. The van der Waals surface area contributed by atoms with Crippen LogP contribution in [-0.2, 0) is 0 Å². The van der Waals surface area contributed by atoms with E-state index in [2.05, 4.69) is 28.1 Å². The van der Waals surface area contributed by atoms with Gasteiger partial charge >= 0.3 is 0 Å². The first-order chi connectivity index (χ1) is 15.6. The van der Waals surface area contributed by atoms with Crippen molar-refractivity contribution in [1.82, 2.24) is 4.98 Å². The molecule has 1 saturated heterocycles. The monoisotopic (exact) mass is 430 g/mol. The average molecular weight is 431 g/mol. The summed E-state index contributed by atoms with van der Waals surface area (Å²) in [6, 6.07) is 14.2. The Bertz CT molecular complexity index is 1140. The highest BCUT2D eigenvalue weighted by molar-refractivity contribution is 5.90. The number of pyridine rings is 1. The summed E-state index contributed by atoms with van der Waals surface area (Å²) in [5.74, 6) is 1.74. The predicted molar refractivity (Wildman–Crippen MR) is 125 cm³/mol. The summed E-state index contributed by atoms with van der Waals surface area (Å²) < 4.78 is 16.5. The van der Waals surface area contributed by atoms with E-state index in [4.69, 9.17) is 19.9 Å². The molecule has 3 aromatic rings. The number of anilines is 2. The van der Waals surface area contributed by atoms with Crippen LogP contribution in [0.3, 0.4) is 0 Å². The van der Waals surface area contributed by atoms with E-state index in [0.29, 0.717) is 22.8 Å². The lowest BCUT2D eigenvalue weighted by molar-refractivity contribution is 0.324. The Hall–Kier alpha value is -3.92. The molecule has 32 heavy (non-hydrogen) atoms. The van der Waals surface area contributed by atoms with Gasteiger partial charge in [-0.25, -0.2) is 4.98 Å². The molecular formula is C25H26N4O3. The minimum atomic E-state index is 0.197. The van der Waals surface area contributed by atoms with E-state index in [1.165, 1.54) is 18.5 Å². The van der Waals surface area contributed by atoms with Crippen LogP contribution in [0.4, 0.5) is 11.5 Å². The van der Waals surface area contributed by atoms with Crippen LogP contribution >= 0.6 is 0 Å². The van der Waals surface area contributed by atoms with Crippen LogP contribution in [-0.4, -0.2) is 39.4 Å². The highest BCUT2D eigenvalue weighted by Crippen LogP contribution is 2.44. The number of nitrogens with zero attached hydrogens (tertiary/aromatic N) is 3. The Morgan fingerprint density at radius 2 is 1.56 bits per heavy atom. The van der Waals surface area contributed by atoms with Gasteiger partial charge in [-0.05, 0) is 48.2 Å². The number of ether oxygens (including phenoxy) is 3. The van der Waals surface area contributed by atoms with E-state index in [-0.39, 0.29) is 5.82 Å². The first-order valence-electron chi connectivity index (χ1n) is 10.5. The van der Waals surface area contributed by atoms with E-state index in [9.17, 15) is 5.26 Å². The van der Waals surface area contributed by atoms with E-state index < -0.39 is 0 Å². The Kier molecular flexibility index (Phi) is 6.04. The highest BCUT2D eigenvalue weighted by atomic mass is 16.5. The molecule has 0 bridgehead atoms. The third-order valence-electron chi connectivity index (χ3n) is 5.82. The van der Waals surface area contributed by atoms with Gasteiger partial charge in [0, 0.05) is 36.1 Å². The summed E-state index contributed by atoms with van der Waals surface area (Å²) in [6.07, 6.45) is 4.11. The lowest BCUT2D eigenvalue weighted by atomic mass is 9.92. The quantitative estimate of drug-likeness (QED) is 0.615. The second kappa shape index (κ2) is 9.06. The Labute approximate surface area is 188 Å². The number of rotatable bonds is 6. The summed E-state index contributed by atoms with van der Waals surface area (Å²) >= 11 is 0. The molecule has 2 aromatic carbocycles. The molecule has 0 atom stereocenters. The van der Waals surface area contributed by atoms with Gasteiger partial charge in [0.25, 0.3) is 0 Å². The fourth-order valence-corrected chi connectivity index (χ4v) is 4.21. The summed E-state index contributed by atoms with van der Waals surface area (Å²) in [5, 5.41) is 9.90. The maximum absolute atomic E-state index is 9.90. The van der Waals surface area contributed by atoms with Crippen molar-refractivity contribution in [2.24, 2.45) is 0 Å². The largest absolute Gasteiger partial charge is 0.493 e. The van der Waals surface area contributed by atoms with Crippen LogP contribution in [0, 0.1) is 11.3 Å². The van der Waals surface area contributed by atoms with E-state index in [1.54, 1.807) is 27.5 Å². The molecular weight excluding hydrogens is 404 g/mol. The molecule has 4 rings (SSSR count). The van der Waals surface area contributed by atoms with Crippen LogP contribution in [0.2, 0.25) is 0 Å². The SMILES string of the molecule is COc1cc(-c2cnc(N)c(C#N)c2-c2ccc(N3CCCC3)cc2)cc(OC)c1OC. The molecule has 1 aliphatic heterocycles. The maximum atomic E-state index is 9.90. The lowest BCUT2D eigenvalue weighted by Crippen LogP contribution is -2.17. The molecule has 0 aliphatic carbocycles. The van der Waals surface area contributed by atoms with Crippen molar-refractivity contribution in [1.29, 1.82) is 5.26 Å². The molecule has 0 spiro atoms. The Morgan fingerprint density at radius 1 is 0.938 bits per heavy atom. The van der Waals surface area contributed by atoms with Gasteiger partial charge in [0.05, 0.1) is 21.3 Å². The highest BCUT2D eigenvalue weighted by Gasteiger charge is 2.21. The number of nitriles is 1. The number of benzene rings is 2. The van der Waals surface area contributed by atoms with Crippen molar-refractivity contribution in [3.05, 3.63) is 48.2 Å². The smallest absolute Gasteiger partial charge is 0.203 e. The Balaban J connectivity index is 1.89. The van der Waals surface area contributed by atoms with Crippen molar-refractivity contribution in [3.63, 3.8) is 0 Å². The van der Waals surface area contributed by atoms with Crippen molar-refractivity contribution >= 4 is 11.5 Å². The molecule has 164 valence electrons. The molecule has 0 amide bonds. The summed E-state index contributed by atoms with van der Waals surface area (Å²) in [5.41, 5.74) is 10.8. The zero-order valence-corrected chi connectivity index (χ0v) is 18.5. The summed E-state index contributed by atoms with van der Waals surface area (Å²) in [6.45, 7) is 2.14. The number of nitrogens with two attached hydrogens (primary N) is 1. The van der Waals surface area contributed by atoms with Crippen LogP contribution < -0.4 is 24.8 Å². The van der Waals surface area contributed by atoms with Crippen LogP contribution in [0.5, 0.6) is 17.2 Å². The molecule has 7 heteroatoms. The second-order valence-electron chi connectivity index (χ2n) is 7.57. The standard InChI is InChI=1S/C25H26N4O3/c1-30-21-12-17(13-22(31-2)24(21)32-3)20-15-28-25(27)19(14-26)23(20)16-6-8-18(9-7-16)29-10-4-5-11-29/h6-9,12-13,15H,4-5,10-11H2,1-3H3,(H2,27,28). The summed E-state index contributed by atoms with van der Waals surface area (Å²) in [4.78, 5) is 6.65. The molecule has 1 aromatic heterocycles. The topological polar surface area (TPSA) is 93.6 Å². The van der Waals surface area contributed by atoms with Gasteiger partial charge in [0.2, 0.25) is 5.75 Å². The van der Waals surface area contributed by atoms with Crippen molar-refractivity contribution in [2.75, 3.05) is 45.1 Å². The van der Waals surface area contributed by atoms with Crippen molar-refractivity contribution < 1.29 is 14.2 Å². The van der Waals surface area contributed by atoms with Gasteiger partial charge in [-0.1, -0.05) is 12.1 Å². The minimum Gasteiger partial charge on any atom is -0.493 e. The first-order valence-corrected chi connectivity index (χ1v) is 10.5. The average Bonchev–Trinajstić information content (AvgIpc) is 3.38. The van der Waals surface area contributed by atoms with Crippen molar-refractivity contribution in [2.45, 2.75) is 12.8 Å². The second-order valence-corrected chi connectivity index (χ2v) is 7.57. The van der Waals surface area contributed by atoms with E-state index in [1.807, 2.05) is 24.3 Å². The first kappa shape index (κ1) is 21.3. The zero-order chi connectivity index (χ0) is 22.7. The zero-order valence-electron chi connectivity index (χ0n) is 18.5. The number of nitrogen functional groups attached to an aromatic ring is 1. The summed E-state index contributed by atoms with van der Waals surface area (Å²) in [7, 11) is 4.70.